The van der Waals surface area contributed by atoms with Gasteiger partial charge in [0.15, 0.2) is 10.2 Å². The lowest BCUT2D eigenvalue weighted by Crippen LogP contribution is -2.45. The molecule has 0 aliphatic heterocycles. The minimum absolute atomic E-state index is 0.0890. The molecule has 0 spiro atoms. The topological polar surface area (TPSA) is 68.3 Å². The highest BCUT2D eigenvalue weighted by molar-refractivity contribution is 8.13. The molecule has 0 aliphatic carbocycles. The van der Waals surface area contributed by atoms with E-state index in [-0.39, 0.29) is 21.8 Å². The van der Waals surface area contributed by atoms with E-state index < -0.39 is 0 Å². The molecule has 3 aromatic rings. The summed E-state index contributed by atoms with van der Waals surface area (Å²) >= 11 is 2.59. The van der Waals surface area contributed by atoms with E-state index in [0.717, 1.165) is 35.3 Å². The number of carbonyl (C=O) groups excluding carboxylic acids is 4. The Labute approximate surface area is 258 Å². The first-order chi connectivity index (χ1) is 19.7. The van der Waals surface area contributed by atoms with Gasteiger partial charge in [-0.1, -0.05) is 96.3 Å². The van der Waals surface area contributed by atoms with Crippen LogP contribution in [0.2, 0.25) is 0 Å². The van der Waals surface area contributed by atoms with Crippen molar-refractivity contribution in [2.45, 2.75) is 13.8 Å². The predicted octanol–water partition coefficient (Wildman–Crippen LogP) is 6.10. The molecule has 222 valence electrons. The summed E-state index contributed by atoms with van der Waals surface area (Å²) in [6.45, 7) is 5.40. The molecule has 0 bridgehead atoms. The number of hydrogen-bond acceptors (Lipinski definition) is 6. The molecule has 0 saturated carbocycles. The highest BCUT2D eigenvalue weighted by Gasteiger charge is 2.22. The van der Waals surface area contributed by atoms with E-state index >= 15 is 0 Å². The molecule has 0 saturated heterocycles. The van der Waals surface area contributed by atoms with Crippen molar-refractivity contribution in [3.63, 3.8) is 0 Å². The largest absolute Gasteiger partial charge is 0.321 e. The van der Waals surface area contributed by atoms with Crippen molar-refractivity contribution in [3.05, 3.63) is 83.9 Å². The molecule has 0 unspecified atom stereocenters. The molecule has 0 radical (unpaired) electrons. The molecule has 3 aromatic carbocycles. The van der Waals surface area contributed by atoms with Gasteiger partial charge in [0, 0.05) is 25.0 Å². The number of benzene rings is 3. The fraction of sp³-hybridized carbons (Fsp3) is 0.353. The summed E-state index contributed by atoms with van der Waals surface area (Å²) in [5.41, 5.74) is 5.57. The van der Waals surface area contributed by atoms with Gasteiger partial charge in [-0.15, -0.1) is 0 Å². The molecule has 0 amide bonds. The number of nitrogens with zero attached hydrogens (tertiary/aromatic N) is 2. The summed E-state index contributed by atoms with van der Waals surface area (Å²) in [7, 11) is 8.05. The van der Waals surface area contributed by atoms with Gasteiger partial charge in [0.2, 0.25) is 11.6 Å². The van der Waals surface area contributed by atoms with Crippen molar-refractivity contribution in [1.82, 2.24) is 0 Å². The first-order valence-electron chi connectivity index (χ1n) is 14.0. The number of likely N-dealkylation sites (N-methyl/N-ethyl adjacent to an activating group) is 2. The smallest absolute Gasteiger partial charge is 0.216 e. The van der Waals surface area contributed by atoms with E-state index in [1.165, 1.54) is 23.5 Å². The van der Waals surface area contributed by atoms with Crippen molar-refractivity contribution in [2.75, 3.05) is 65.9 Å². The zero-order valence-electron chi connectivity index (χ0n) is 25.5. The molecular formula is C34H42N2O4S2+2. The van der Waals surface area contributed by atoms with Crippen LogP contribution in [0.4, 0.5) is 0 Å². The number of Topliss-reactive ketones (excluding diaryl/α,β-unsaturated/α-hetero) is 2. The summed E-state index contributed by atoms with van der Waals surface area (Å²) in [6, 6.07) is 23.7. The van der Waals surface area contributed by atoms with Crippen LogP contribution in [-0.4, -0.2) is 96.6 Å². The second-order valence-electron chi connectivity index (χ2n) is 11.9. The van der Waals surface area contributed by atoms with Crippen LogP contribution in [0, 0.1) is 0 Å². The van der Waals surface area contributed by atoms with Gasteiger partial charge < -0.3 is 8.97 Å². The molecule has 0 fully saturated rings. The van der Waals surface area contributed by atoms with Gasteiger partial charge in [-0.25, -0.2) is 0 Å². The van der Waals surface area contributed by atoms with Crippen LogP contribution in [0.1, 0.15) is 34.6 Å². The lowest BCUT2D eigenvalue weighted by atomic mass is 9.98. The number of ketones is 2. The highest BCUT2D eigenvalue weighted by Crippen LogP contribution is 2.26. The van der Waals surface area contributed by atoms with E-state index in [1.54, 1.807) is 13.8 Å². The fourth-order valence-electron chi connectivity index (χ4n) is 4.54. The Bertz CT molecular complexity index is 1290. The van der Waals surface area contributed by atoms with E-state index in [9.17, 15) is 19.2 Å². The summed E-state index contributed by atoms with van der Waals surface area (Å²) < 4.78 is 1.08. The Kier molecular flexibility index (Phi) is 11.9. The zero-order chi connectivity index (χ0) is 30.9. The Hall–Kier alpha value is -3.04. The SMILES string of the molecule is CC(=O)SCC[N+](C)(C)CC(=O)c1ccc(-c2ccc(-c3ccc(C(=O)C[N+](C)(C)CCSC(C)=O)cc3)cc2)cc1. The normalized spacial score (nSPS) is 11.8. The van der Waals surface area contributed by atoms with Crippen molar-refractivity contribution in [3.8, 4) is 22.3 Å². The van der Waals surface area contributed by atoms with Gasteiger partial charge in [0.25, 0.3) is 0 Å². The first kappa shape index (κ1) is 33.5. The molecule has 0 atom stereocenters. The average Bonchev–Trinajstić information content (AvgIpc) is 2.92. The maximum atomic E-state index is 12.9. The van der Waals surface area contributed by atoms with Gasteiger partial charge in [0.1, 0.15) is 13.1 Å². The minimum atomic E-state index is 0.0890. The third-order valence-corrected chi connectivity index (χ3v) is 8.70. The standard InChI is InChI=1S/C34H42N2O4S2/c1-25(37)41-21-19-35(3,4)23-33(39)31-15-11-29(12-16-31)27-7-9-28(10-8-27)30-13-17-32(18-14-30)34(40)24-36(5,6)20-22-42-26(2)38/h7-18H,19-24H2,1-6H3/q+2. The monoisotopic (exact) mass is 606 g/mol. The van der Waals surface area contributed by atoms with Crippen molar-refractivity contribution >= 4 is 45.3 Å². The van der Waals surface area contributed by atoms with Crippen LogP contribution < -0.4 is 0 Å². The van der Waals surface area contributed by atoms with Crippen LogP contribution in [-0.2, 0) is 9.59 Å². The molecule has 3 rings (SSSR count). The van der Waals surface area contributed by atoms with E-state index in [2.05, 4.69) is 24.3 Å². The van der Waals surface area contributed by atoms with Gasteiger partial charge in [-0.05, 0) is 22.3 Å². The molecular weight excluding hydrogens is 565 g/mol. The molecule has 0 aliphatic rings. The molecule has 6 nitrogen and oxygen atoms in total. The van der Waals surface area contributed by atoms with Crippen molar-refractivity contribution < 1.29 is 28.1 Å². The maximum Gasteiger partial charge on any atom is 0.216 e. The van der Waals surface area contributed by atoms with Gasteiger partial charge in [0.05, 0.1) is 52.8 Å². The molecule has 0 aromatic heterocycles. The maximum absolute atomic E-state index is 12.9. The van der Waals surface area contributed by atoms with Gasteiger partial charge >= 0.3 is 0 Å². The minimum Gasteiger partial charge on any atom is -0.321 e. The van der Waals surface area contributed by atoms with Gasteiger partial charge in [-0.2, -0.15) is 0 Å². The van der Waals surface area contributed by atoms with Crippen LogP contribution in [0.15, 0.2) is 72.8 Å². The van der Waals surface area contributed by atoms with Gasteiger partial charge in [-0.3, -0.25) is 19.2 Å². The number of rotatable bonds is 14. The molecule has 8 heteroatoms. The first-order valence-corrected chi connectivity index (χ1v) is 16.0. The molecule has 0 N–H and O–H groups in total. The Balaban J connectivity index is 1.59. The quantitative estimate of drug-likeness (QED) is 0.163. The molecule has 0 heterocycles. The van der Waals surface area contributed by atoms with Crippen LogP contribution in [0.3, 0.4) is 0 Å². The highest BCUT2D eigenvalue weighted by atomic mass is 32.2. The van der Waals surface area contributed by atoms with Crippen LogP contribution in [0.25, 0.3) is 22.3 Å². The van der Waals surface area contributed by atoms with Crippen molar-refractivity contribution in [2.24, 2.45) is 0 Å². The number of thioether (sulfide) groups is 2. The van der Waals surface area contributed by atoms with E-state index in [1.807, 2.05) is 76.7 Å². The average molecular weight is 607 g/mol. The van der Waals surface area contributed by atoms with Crippen LogP contribution in [0.5, 0.6) is 0 Å². The second-order valence-corrected chi connectivity index (χ2v) is 14.4. The lowest BCUT2D eigenvalue weighted by molar-refractivity contribution is -0.879. The van der Waals surface area contributed by atoms with E-state index in [0.29, 0.717) is 44.7 Å². The Morgan fingerprint density at radius 3 is 1.02 bits per heavy atom. The summed E-state index contributed by atoms with van der Waals surface area (Å²) in [6.07, 6.45) is 0. The second kappa shape index (κ2) is 14.9. The number of quaternary nitrogens is 2. The Morgan fingerprint density at radius 1 is 0.500 bits per heavy atom. The number of hydrogen-bond donors (Lipinski definition) is 0. The lowest BCUT2D eigenvalue weighted by Gasteiger charge is -2.28. The number of carbonyl (C=O) groups is 4. The summed E-state index contributed by atoms with van der Waals surface area (Å²) in [4.78, 5) is 48.2. The molecule has 42 heavy (non-hydrogen) atoms. The summed E-state index contributed by atoms with van der Waals surface area (Å²) in [5, 5.41) is 0.200. The fourth-order valence-corrected chi connectivity index (χ4v) is 6.29. The summed E-state index contributed by atoms with van der Waals surface area (Å²) in [5.74, 6) is 1.58. The third-order valence-electron chi connectivity index (χ3n) is 7.11. The van der Waals surface area contributed by atoms with E-state index in [4.69, 9.17) is 0 Å². The third kappa shape index (κ3) is 10.7. The van der Waals surface area contributed by atoms with Crippen molar-refractivity contribution in [1.29, 1.82) is 0 Å². The van der Waals surface area contributed by atoms with Crippen LogP contribution >= 0.6 is 23.5 Å². The predicted molar refractivity (Wildman–Crippen MR) is 176 cm³/mol. The Morgan fingerprint density at radius 2 is 0.762 bits per heavy atom. The zero-order valence-corrected chi connectivity index (χ0v) is 27.1.